The molecule has 1 aromatic carbocycles. The number of ketones is 1. The Labute approximate surface area is 197 Å². The molecule has 3 aromatic rings. The molecule has 8 heteroatoms. The summed E-state index contributed by atoms with van der Waals surface area (Å²) in [5.41, 5.74) is 2.28. The molecule has 0 saturated heterocycles. The number of benzene rings is 1. The van der Waals surface area contributed by atoms with Crippen molar-refractivity contribution in [3.63, 3.8) is 0 Å². The number of carbonyl (C=O) groups excluding carboxylic acids is 2. The van der Waals surface area contributed by atoms with E-state index in [1.165, 1.54) is 11.3 Å². The van der Waals surface area contributed by atoms with Gasteiger partial charge in [0.05, 0.1) is 33.7 Å². The number of hydrogen-bond acceptors (Lipinski definition) is 7. The number of ether oxygens (including phenoxy) is 1. The molecular formula is C24H29N3O3S2. The minimum absolute atomic E-state index is 0.0788. The first kappa shape index (κ1) is 24.1. The lowest BCUT2D eigenvalue weighted by atomic mass is 10.0. The van der Waals surface area contributed by atoms with Gasteiger partial charge in [-0.3, -0.25) is 4.79 Å². The summed E-state index contributed by atoms with van der Waals surface area (Å²) in [5, 5.41) is 6.45. The molecule has 0 bridgehead atoms. The highest BCUT2D eigenvalue weighted by Crippen LogP contribution is 2.30. The summed E-state index contributed by atoms with van der Waals surface area (Å²) < 4.78 is 5.38. The molecule has 2 heterocycles. The minimum atomic E-state index is -0.648. The molecule has 2 aromatic heterocycles. The van der Waals surface area contributed by atoms with Crippen molar-refractivity contribution in [1.82, 2.24) is 15.3 Å². The zero-order valence-electron chi connectivity index (χ0n) is 19.1. The maximum absolute atomic E-state index is 13.1. The summed E-state index contributed by atoms with van der Waals surface area (Å²) in [5.74, 6) is -0.0788. The SMILES string of the molecule is Cc1nc(C)c(-c2csc(CC(=O)[C@H](CCc3ccccc3)NC(=O)OC(C)(C)C)n2)s1. The average molecular weight is 472 g/mol. The average Bonchev–Trinajstić information content (AvgIpc) is 3.29. The van der Waals surface area contributed by atoms with Crippen LogP contribution in [0.1, 0.15) is 48.5 Å². The van der Waals surface area contributed by atoms with Crippen molar-refractivity contribution in [2.75, 3.05) is 0 Å². The number of carbonyl (C=O) groups is 2. The highest BCUT2D eigenvalue weighted by atomic mass is 32.1. The van der Waals surface area contributed by atoms with Gasteiger partial charge in [-0.1, -0.05) is 30.3 Å². The van der Waals surface area contributed by atoms with Gasteiger partial charge >= 0.3 is 6.09 Å². The van der Waals surface area contributed by atoms with E-state index in [2.05, 4.69) is 15.3 Å². The summed E-state index contributed by atoms with van der Waals surface area (Å²) >= 11 is 3.05. The summed E-state index contributed by atoms with van der Waals surface area (Å²) in [4.78, 5) is 35.6. The Morgan fingerprint density at radius 3 is 2.47 bits per heavy atom. The van der Waals surface area contributed by atoms with Crippen LogP contribution in [0.25, 0.3) is 10.6 Å². The largest absolute Gasteiger partial charge is 0.444 e. The van der Waals surface area contributed by atoms with Crippen LogP contribution in [0, 0.1) is 13.8 Å². The summed E-state index contributed by atoms with van der Waals surface area (Å²) in [6, 6.07) is 9.27. The molecule has 0 radical (unpaired) electrons. The lowest BCUT2D eigenvalue weighted by Gasteiger charge is -2.23. The third-order valence-electron chi connectivity index (χ3n) is 4.66. The number of thiazole rings is 2. The Morgan fingerprint density at radius 2 is 1.84 bits per heavy atom. The standard InChI is InChI=1S/C24H29N3O3S2/c1-15-22(32-16(2)25-15)19-14-31-21(26-19)13-20(28)18(27-23(29)30-24(3,4)5)12-11-17-9-7-6-8-10-17/h6-10,14,18H,11-13H2,1-5H3,(H,27,29)/t18-/m0/s1. The van der Waals surface area contributed by atoms with E-state index in [0.29, 0.717) is 12.8 Å². The molecule has 32 heavy (non-hydrogen) atoms. The molecule has 0 aliphatic carbocycles. The van der Waals surface area contributed by atoms with E-state index >= 15 is 0 Å². The topological polar surface area (TPSA) is 81.2 Å². The van der Waals surface area contributed by atoms with Crippen LogP contribution >= 0.6 is 22.7 Å². The van der Waals surface area contributed by atoms with Gasteiger partial charge in [0.25, 0.3) is 0 Å². The molecule has 0 aliphatic rings. The molecule has 0 spiro atoms. The molecule has 1 N–H and O–H groups in total. The lowest BCUT2D eigenvalue weighted by molar-refractivity contribution is -0.120. The van der Waals surface area contributed by atoms with E-state index in [-0.39, 0.29) is 12.2 Å². The highest BCUT2D eigenvalue weighted by Gasteiger charge is 2.25. The fourth-order valence-electron chi connectivity index (χ4n) is 3.26. The van der Waals surface area contributed by atoms with E-state index in [0.717, 1.165) is 31.8 Å². The molecule has 0 fully saturated rings. The van der Waals surface area contributed by atoms with E-state index in [4.69, 9.17) is 4.74 Å². The highest BCUT2D eigenvalue weighted by molar-refractivity contribution is 7.16. The number of hydrogen-bond donors (Lipinski definition) is 1. The van der Waals surface area contributed by atoms with Gasteiger partial charge in [-0.2, -0.15) is 0 Å². The van der Waals surface area contributed by atoms with Gasteiger partial charge in [0.1, 0.15) is 10.6 Å². The van der Waals surface area contributed by atoms with Crippen LogP contribution in [0.4, 0.5) is 4.79 Å². The molecule has 0 aliphatic heterocycles. The fourth-order valence-corrected chi connectivity index (χ4v) is 5.01. The lowest BCUT2D eigenvalue weighted by Crippen LogP contribution is -2.44. The first-order chi connectivity index (χ1) is 15.1. The normalized spacial score (nSPS) is 12.4. The van der Waals surface area contributed by atoms with Crippen LogP contribution in [-0.4, -0.2) is 33.5 Å². The molecule has 3 rings (SSSR count). The minimum Gasteiger partial charge on any atom is -0.444 e. The number of aryl methyl sites for hydroxylation is 3. The number of aromatic nitrogens is 2. The molecule has 170 valence electrons. The number of nitrogens with one attached hydrogen (secondary N) is 1. The van der Waals surface area contributed by atoms with Gasteiger partial charge in [-0.25, -0.2) is 14.8 Å². The van der Waals surface area contributed by atoms with Gasteiger partial charge in [-0.05, 0) is 53.0 Å². The Kier molecular flexibility index (Phi) is 7.79. The van der Waals surface area contributed by atoms with Crippen LogP contribution in [0.5, 0.6) is 0 Å². The van der Waals surface area contributed by atoms with Gasteiger partial charge in [0.2, 0.25) is 0 Å². The Bertz CT molecular complexity index is 1070. The first-order valence-electron chi connectivity index (χ1n) is 10.6. The Morgan fingerprint density at radius 1 is 1.12 bits per heavy atom. The van der Waals surface area contributed by atoms with E-state index in [1.54, 1.807) is 32.1 Å². The van der Waals surface area contributed by atoms with Crippen molar-refractivity contribution in [2.45, 2.75) is 65.5 Å². The van der Waals surface area contributed by atoms with E-state index in [1.807, 2.05) is 49.6 Å². The van der Waals surface area contributed by atoms with E-state index in [9.17, 15) is 9.59 Å². The van der Waals surface area contributed by atoms with Crippen molar-refractivity contribution in [3.05, 3.63) is 57.0 Å². The second kappa shape index (κ2) is 10.4. The Balaban J connectivity index is 1.70. The van der Waals surface area contributed by atoms with Crippen LogP contribution in [0.15, 0.2) is 35.7 Å². The number of rotatable bonds is 8. The second-order valence-corrected chi connectivity index (χ2v) is 10.8. The van der Waals surface area contributed by atoms with Gasteiger partial charge in [-0.15, -0.1) is 22.7 Å². The molecule has 0 saturated carbocycles. The van der Waals surface area contributed by atoms with Crippen LogP contribution in [0.3, 0.4) is 0 Å². The number of nitrogens with zero attached hydrogens (tertiary/aromatic N) is 2. The van der Waals surface area contributed by atoms with Crippen molar-refractivity contribution < 1.29 is 14.3 Å². The molecule has 0 unspecified atom stereocenters. The third kappa shape index (κ3) is 6.97. The fraction of sp³-hybridized carbons (Fsp3) is 0.417. The van der Waals surface area contributed by atoms with Crippen molar-refractivity contribution in [2.24, 2.45) is 0 Å². The molecule has 6 nitrogen and oxygen atoms in total. The Hall–Kier alpha value is -2.58. The first-order valence-corrected chi connectivity index (χ1v) is 12.3. The maximum atomic E-state index is 13.1. The van der Waals surface area contributed by atoms with Gasteiger partial charge < -0.3 is 10.1 Å². The predicted octanol–water partition coefficient (Wildman–Crippen LogP) is 5.52. The zero-order valence-corrected chi connectivity index (χ0v) is 20.7. The van der Waals surface area contributed by atoms with Crippen molar-refractivity contribution in [3.8, 4) is 10.6 Å². The number of amides is 1. The van der Waals surface area contributed by atoms with Crippen molar-refractivity contribution in [1.29, 1.82) is 0 Å². The summed E-state index contributed by atoms with van der Waals surface area (Å²) in [6.45, 7) is 9.33. The third-order valence-corrected chi connectivity index (χ3v) is 6.60. The van der Waals surface area contributed by atoms with E-state index < -0.39 is 17.7 Å². The summed E-state index contributed by atoms with van der Waals surface area (Å²) in [7, 11) is 0. The predicted molar refractivity (Wildman–Crippen MR) is 129 cm³/mol. The number of alkyl carbamates (subject to hydrolysis) is 1. The second-order valence-electron chi connectivity index (χ2n) is 8.64. The van der Waals surface area contributed by atoms with Crippen LogP contribution < -0.4 is 5.32 Å². The quantitative estimate of drug-likeness (QED) is 0.468. The molecule has 1 atom stereocenters. The van der Waals surface area contributed by atoms with Crippen LogP contribution in [-0.2, 0) is 22.4 Å². The molecule has 1 amide bonds. The number of Topliss-reactive ketones (excluding diaryl/α,β-unsaturated/α-hetero) is 1. The smallest absolute Gasteiger partial charge is 0.408 e. The summed E-state index contributed by atoms with van der Waals surface area (Å²) in [6.07, 6.45) is 0.749. The zero-order chi connectivity index (χ0) is 23.3. The van der Waals surface area contributed by atoms with Gasteiger partial charge in [0.15, 0.2) is 5.78 Å². The van der Waals surface area contributed by atoms with Crippen molar-refractivity contribution >= 4 is 34.6 Å². The molecular weight excluding hydrogens is 442 g/mol. The maximum Gasteiger partial charge on any atom is 0.408 e. The monoisotopic (exact) mass is 471 g/mol. The van der Waals surface area contributed by atoms with Crippen LogP contribution in [0.2, 0.25) is 0 Å². The van der Waals surface area contributed by atoms with Gasteiger partial charge in [0, 0.05) is 5.38 Å².